The summed E-state index contributed by atoms with van der Waals surface area (Å²) in [7, 11) is -0.496. The number of benzene rings is 4. The molecule has 4 aromatic carbocycles. The van der Waals surface area contributed by atoms with Gasteiger partial charge in [-0.15, -0.1) is 0 Å². The molecule has 0 saturated carbocycles. The van der Waals surface area contributed by atoms with Gasteiger partial charge in [-0.25, -0.2) is 13.4 Å². The van der Waals surface area contributed by atoms with E-state index < -0.39 is 16.1 Å². The number of hydrogen-bond donors (Lipinski definition) is 0. The van der Waals surface area contributed by atoms with E-state index in [-0.39, 0.29) is 17.2 Å². The standard InChI is InChI=1S/C39H35ClN4O5S/c1-42-26-41-21-34(42)24-43-23-33(19-27-3-5-28(6-4-27)29-7-10-32(40)11-8-29)44(50(46,47)37-15-12-35(48-2)13-16-37)22-31-20-30(9-17-38(31)43)39-18-14-36(25-45)49-39/h3-18,20-21,25-26,33H,19,22-24H2,1-2H3/t33-/m1/s1. The number of aromatic nitrogens is 2. The summed E-state index contributed by atoms with van der Waals surface area (Å²) in [6.45, 7) is 1.05. The first-order valence-corrected chi connectivity index (χ1v) is 17.9. The number of hydrogen-bond acceptors (Lipinski definition) is 7. The second-order valence-corrected chi connectivity index (χ2v) is 14.7. The fourth-order valence-electron chi connectivity index (χ4n) is 6.45. The van der Waals surface area contributed by atoms with E-state index in [9.17, 15) is 13.2 Å². The first kappa shape index (κ1) is 33.3. The Balaban J connectivity index is 1.32. The maximum atomic E-state index is 14.7. The average molecular weight is 707 g/mol. The number of carbonyl (C=O) groups is 1. The fraction of sp³-hybridized carbons (Fsp3) is 0.179. The van der Waals surface area contributed by atoms with Crippen molar-refractivity contribution < 1.29 is 22.4 Å². The first-order valence-electron chi connectivity index (χ1n) is 16.1. The van der Waals surface area contributed by atoms with Crippen LogP contribution in [0.1, 0.15) is 27.4 Å². The molecule has 2 aromatic heterocycles. The molecule has 1 atom stereocenters. The van der Waals surface area contributed by atoms with Gasteiger partial charge in [-0.2, -0.15) is 4.31 Å². The molecule has 0 spiro atoms. The molecule has 7 rings (SSSR count). The first-order chi connectivity index (χ1) is 24.2. The number of fused-ring (bicyclic) bond motifs is 1. The number of imidazole rings is 1. The van der Waals surface area contributed by atoms with Gasteiger partial charge in [-0.1, -0.05) is 48.0 Å². The molecule has 0 radical (unpaired) electrons. The lowest BCUT2D eigenvalue weighted by atomic mass is 10.0. The van der Waals surface area contributed by atoms with Crippen molar-refractivity contribution in [3.8, 4) is 28.2 Å². The third-order valence-electron chi connectivity index (χ3n) is 9.15. The summed E-state index contributed by atoms with van der Waals surface area (Å²) in [4.78, 5) is 18.1. The molecule has 0 unspecified atom stereocenters. The van der Waals surface area contributed by atoms with Crippen LogP contribution in [0.5, 0.6) is 5.75 Å². The average Bonchev–Trinajstić information content (AvgIpc) is 3.76. The molecule has 0 bridgehead atoms. The second kappa shape index (κ2) is 14.0. The van der Waals surface area contributed by atoms with Crippen LogP contribution in [0.25, 0.3) is 22.5 Å². The number of methoxy groups -OCH3 is 1. The van der Waals surface area contributed by atoms with Crippen LogP contribution in [-0.4, -0.2) is 48.3 Å². The highest BCUT2D eigenvalue weighted by Crippen LogP contribution is 2.36. The Morgan fingerprint density at radius 3 is 2.26 bits per heavy atom. The van der Waals surface area contributed by atoms with Crippen molar-refractivity contribution in [2.45, 2.75) is 30.4 Å². The molecule has 254 valence electrons. The minimum absolute atomic E-state index is 0.119. The Labute approximate surface area is 296 Å². The summed E-state index contributed by atoms with van der Waals surface area (Å²) in [6.07, 6.45) is 4.73. The van der Waals surface area contributed by atoms with Gasteiger partial charge in [0, 0.05) is 48.6 Å². The number of aldehydes is 1. The van der Waals surface area contributed by atoms with Gasteiger partial charge in [0.2, 0.25) is 10.0 Å². The smallest absolute Gasteiger partial charge is 0.243 e. The zero-order valence-electron chi connectivity index (χ0n) is 27.6. The summed E-state index contributed by atoms with van der Waals surface area (Å²) < 4.78 is 44.0. The summed E-state index contributed by atoms with van der Waals surface area (Å²) in [5, 5.41) is 0.676. The van der Waals surface area contributed by atoms with Crippen molar-refractivity contribution in [2.75, 3.05) is 18.6 Å². The van der Waals surface area contributed by atoms with E-state index in [1.165, 1.54) is 0 Å². The van der Waals surface area contributed by atoms with Crippen LogP contribution < -0.4 is 9.64 Å². The van der Waals surface area contributed by atoms with E-state index >= 15 is 0 Å². The maximum absolute atomic E-state index is 14.7. The highest BCUT2D eigenvalue weighted by atomic mass is 35.5. The number of aryl methyl sites for hydroxylation is 1. The topological polar surface area (TPSA) is 97.9 Å². The molecular formula is C39H35ClN4O5S. The summed E-state index contributed by atoms with van der Waals surface area (Å²) in [5.74, 6) is 1.32. The van der Waals surface area contributed by atoms with E-state index in [0.29, 0.717) is 42.3 Å². The van der Waals surface area contributed by atoms with Crippen molar-refractivity contribution in [3.63, 3.8) is 0 Å². The normalized spacial score (nSPS) is 15.0. The van der Waals surface area contributed by atoms with Crippen molar-refractivity contribution in [1.29, 1.82) is 0 Å². The Hall–Kier alpha value is -5.16. The zero-order chi connectivity index (χ0) is 34.8. The Morgan fingerprint density at radius 1 is 0.920 bits per heavy atom. The van der Waals surface area contributed by atoms with Gasteiger partial charge in [-0.3, -0.25) is 4.79 Å². The number of ether oxygens (including phenoxy) is 1. The number of furan rings is 1. The molecule has 0 fully saturated rings. The predicted octanol–water partition coefficient (Wildman–Crippen LogP) is 7.64. The van der Waals surface area contributed by atoms with E-state index in [1.54, 1.807) is 54.1 Å². The number of carbonyl (C=O) groups excluding carboxylic acids is 1. The third-order valence-corrected chi connectivity index (χ3v) is 11.3. The van der Waals surface area contributed by atoms with Gasteiger partial charge < -0.3 is 18.6 Å². The molecule has 0 aliphatic carbocycles. The highest BCUT2D eigenvalue weighted by Gasteiger charge is 2.37. The highest BCUT2D eigenvalue weighted by molar-refractivity contribution is 7.89. The maximum Gasteiger partial charge on any atom is 0.243 e. The third kappa shape index (κ3) is 6.82. The molecule has 0 N–H and O–H groups in total. The monoisotopic (exact) mass is 706 g/mol. The lowest BCUT2D eigenvalue weighted by Crippen LogP contribution is -2.45. The molecule has 0 amide bonds. The Bertz CT molecular complexity index is 2230. The molecular weight excluding hydrogens is 672 g/mol. The minimum atomic E-state index is -4.00. The summed E-state index contributed by atoms with van der Waals surface area (Å²) in [6, 6.07) is 31.3. The van der Waals surface area contributed by atoms with Crippen LogP contribution in [0.2, 0.25) is 5.02 Å². The Kier molecular flexibility index (Phi) is 9.33. The summed E-state index contributed by atoms with van der Waals surface area (Å²) >= 11 is 6.12. The number of nitrogens with zero attached hydrogens (tertiary/aromatic N) is 4. The van der Waals surface area contributed by atoms with Crippen LogP contribution >= 0.6 is 11.6 Å². The van der Waals surface area contributed by atoms with Crippen LogP contribution in [0.15, 0.2) is 125 Å². The van der Waals surface area contributed by atoms with Crippen molar-refractivity contribution >= 4 is 33.6 Å². The molecule has 0 saturated heterocycles. The minimum Gasteiger partial charge on any atom is -0.497 e. The van der Waals surface area contributed by atoms with Gasteiger partial charge in [0.15, 0.2) is 12.0 Å². The molecule has 1 aliphatic heterocycles. The van der Waals surface area contributed by atoms with E-state index in [1.807, 2.05) is 60.3 Å². The lowest BCUT2D eigenvalue weighted by molar-refractivity contribution is 0.110. The van der Waals surface area contributed by atoms with Crippen LogP contribution in [0, 0.1) is 0 Å². The van der Waals surface area contributed by atoms with Crippen LogP contribution in [0.3, 0.4) is 0 Å². The van der Waals surface area contributed by atoms with E-state index in [4.69, 9.17) is 20.8 Å². The zero-order valence-corrected chi connectivity index (χ0v) is 29.1. The van der Waals surface area contributed by atoms with E-state index in [0.717, 1.165) is 39.2 Å². The number of rotatable bonds is 10. The molecule has 1 aliphatic rings. The molecule has 9 nitrogen and oxygen atoms in total. The number of anilines is 1. The Morgan fingerprint density at radius 2 is 1.62 bits per heavy atom. The number of sulfonamides is 1. The molecule has 11 heteroatoms. The van der Waals surface area contributed by atoms with Gasteiger partial charge >= 0.3 is 0 Å². The number of halogens is 1. The van der Waals surface area contributed by atoms with Gasteiger partial charge in [0.05, 0.1) is 30.6 Å². The van der Waals surface area contributed by atoms with Crippen LogP contribution in [-0.2, 0) is 36.6 Å². The second-order valence-electron chi connectivity index (χ2n) is 12.3. The molecule has 3 heterocycles. The van der Waals surface area contributed by atoms with Crippen LogP contribution in [0.4, 0.5) is 5.69 Å². The SMILES string of the molecule is COc1ccc(S(=O)(=O)N2Cc3cc(-c4ccc(C=O)o4)ccc3N(Cc3cncn3C)C[C@H]2Cc2ccc(-c3ccc(Cl)cc3)cc2)cc1. The van der Waals surface area contributed by atoms with Gasteiger partial charge in [0.25, 0.3) is 0 Å². The van der Waals surface area contributed by atoms with Crippen molar-refractivity contribution in [1.82, 2.24) is 13.9 Å². The van der Waals surface area contributed by atoms with Crippen molar-refractivity contribution in [3.05, 3.63) is 143 Å². The quantitative estimate of drug-likeness (QED) is 0.135. The predicted molar refractivity (Wildman–Crippen MR) is 194 cm³/mol. The summed E-state index contributed by atoms with van der Waals surface area (Å²) in [5.41, 5.74) is 6.55. The largest absolute Gasteiger partial charge is 0.497 e. The van der Waals surface area contributed by atoms with Crippen molar-refractivity contribution in [2.24, 2.45) is 7.05 Å². The lowest BCUT2D eigenvalue weighted by Gasteiger charge is -2.32. The molecule has 50 heavy (non-hydrogen) atoms. The van der Waals surface area contributed by atoms with Gasteiger partial charge in [0.1, 0.15) is 11.5 Å². The fourth-order valence-corrected chi connectivity index (χ4v) is 8.17. The van der Waals surface area contributed by atoms with E-state index in [2.05, 4.69) is 34.1 Å². The van der Waals surface area contributed by atoms with Gasteiger partial charge in [-0.05, 0) is 95.4 Å². The molecule has 6 aromatic rings.